The van der Waals surface area contributed by atoms with Crippen LogP contribution in [-0.2, 0) is 0 Å². The molecule has 0 saturated carbocycles. The first-order chi connectivity index (χ1) is 11.4. The third kappa shape index (κ3) is 3.44. The lowest BCUT2D eigenvalue weighted by Crippen LogP contribution is -2.00. The van der Waals surface area contributed by atoms with Crippen LogP contribution >= 0.6 is 15.9 Å². The number of allylic oxidation sites excluding steroid dienone is 1. The molecule has 1 heterocycles. The van der Waals surface area contributed by atoms with Crippen LogP contribution in [0.5, 0.6) is 11.5 Å². The first-order valence-corrected chi connectivity index (χ1v) is 8.35. The summed E-state index contributed by atoms with van der Waals surface area (Å²) < 4.78 is 12.4. The second-order valence-corrected chi connectivity index (χ2v) is 6.77. The molecule has 24 heavy (non-hydrogen) atoms. The molecule has 0 spiro atoms. The van der Waals surface area contributed by atoms with E-state index in [1.165, 1.54) is 0 Å². The Hall–Kier alpha value is -2.33. The zero-order valence-corrected chi connectivity index (χ0v) is 15.1. The Morgan fingerprint density at radius 3 is 2.67 bits per heavy atom. The van der Waals surface area contributed by atoms with Crippen molar-refractivity contribution < 1.29 is 14.3 Å². The van der Waals surface area contributed by atoms with Crippen molar-refractivity contribution in [3.8, 4) is 11.5 Å². The highest BCUT2D eigenvalue weighted by Crippen LogP contribution is 2.37. The summed E-state index contributed by atoms with van der Waals surface area (Å²) in [6.07, 6.45) is 1.75. The Balaban J connectivity index is 1.90. The zero-order valence-electron chi connectivity index (χ0n) is 13.6. The van der Waals surface area contributed by atoms with Crippen molar-refractivity contribution >= 4 is 27.8 Å². The van der Waals surface area contributed by atoms with Crippen LogP contribution in [0.1, 0.15) is 28.4 Å². The fraction of sp³-hybridized carbons (Fsp3) is 0.150. The molecule has 2 aromatic carbocycles. The highest BCUT2D eigenvalue weighted by molar-refractivity contribution is 9.10. The zero-order chi connectivity index (χ0) is 17.3. The molecule has 4 heteroatoms. The van der Waals surface area contributed by atoms with Crippen LogP contribution in [0.25, 0.3) is 6.08 Å². The monoisotopic (exact) mass is 384 g/mol. The molecule has 3 rings (SSSR count). The summed E-state index contributed by atoms with van der Waals surface area (Å²) in [5, 5.41) is 0. The van der Waals surface area contributed by atoms with Gasteiger partial charge in [0.2, 0.25) is 5.78 Å². The third-order valence-electron chi connectivity index (χ3n) is 3.60. The molecule has 2 aromatic rings. The number of hydrogen-bond acceptors (Lipinski definition) is 3. The van der Waals surface area contributed by atoms with E-state index in [-0.39, 0.29) is 5.78 Å². The number of ketones is 1. The minimum Gasteiger partial charge on any atom is -0.489 e. The van der Waals surface area contributed by atoms with Gasteiger partial charge in [-0.2, -0.15) is 0 Å². The number of benzene rings is 2. The van der Waals surface area contributed by atoms with E-state index in [1.54, 1.807) is 12.1 Å². The average Bonchev–Trinajstić information content (AvgIpc) is 2.84. The molecule has 122 valence electrons. The van der Waals surface area contributed by atoms with Gasteiger partial charge in [-0.1, -0.05) is 34.6 Å². The van der Waals surface area contributed by atoms with Crippen molar-refractivity contribution in [3.05, 3.63) is 75.5 Å². The lowest BCUT2D eigenvalue weighted by molar-refractivity contribution is 0.101. The van der Waals surface area contributed by atoms with E-state index in [1.807, 2.05) is 44.2 Å². The van der Waals surface area contributed by atoms with E-state index in [2.05, 4.69) is 22.5 Å². The topological polar surface area (TPSA) is 35.5 Å². The van der Waals surface area contributed by atoms with Crippen molar-refractivity contribution in [1.29, 1.82) is 0 Å². The lowest BCUT2D eigenvalue weighted by Gasteiger charge is -2.08. The third-order valence-corrected chi connectivity index (χ3v) is 4.13. The minimum absolute atomic E-state index is 0.100. The van der Waals surface area contributed by atoms with Gasteiger partial charge in [0.05, 0.1) is 5.56 Å². The quantitative estimate of drug-likeness (QED) is 0.527. The first-order valence-electron chi connectivity index (χ1n) is 7.55. The Morgan fingerprint density at radius 1 is 1.29 bits per heavy atom. The number of carbonyl (C=O) groups excluding carboxylic acids is 1. The summed E-state index contributed by atoms with van der Waals surface area (Å²) in [6, 6.07) is 11.3. The fourth-order valence-corrected chi connectivity index (χ4v) is 2.74. The van der Waals surface area contributed by atoms with Gasteiger partial charge in [-0.25, -0.2) is 0 Å². The fourth-order valence-electron chi connectivity index (χ4n) is 2.48. The van der Waals surface area contributed by atoms with Crippen molar-refractivity contribution in [1.82, 2.24) is 0 Å². The highest BCUT2D eigenvalue weighted by Gasteiger charge is 2.29. The van der Waals surface area contributed by atoms with Crippen LogP contribution in [0.3, 0.4) is 0 Å². The number of ether oxygens (including phenoxy) is 2. The molecule has 1 aliphatic rings. The van der Waals surface area contributed by atoms with Gasteiger partial charge >= 0.3 is 0 Å². The SMILES string of the molecule is C=C(C)COc1cc(C)c2c(c1)O/C(=C\c1ccc(Br)cc1)C2=O. The molecule has 0 unspecified atom stereocenters. The van der Waals surface area contributed by atoms with E-state index >= 15 is 0 Å². The molecule has 3 nitrogen and oxygen atoms in total. The molecule has 0 aromatic heterocycles. The largest absolute Gasteiger partial charge is 0.489 e. The molecular weight excluding hydrogens is 368 g/mol. The Morgan fingerprint density at radius 2 is 2.00 bits per heavy atom. The summed E-state index contributed by atoms with van der Waals surface area (Å²) in [5.41, 5.74) is 3.28. The summed E-state index contributed by atoms with van der Waals surface area (Å²) in [5.74, 6) is 1.44. The van der Waals surface area contributed by atoms with E-state index in [0.717, 1.165) is 21.2 Å². The predicted octanol–water partition coefficient (Wildman–Crippen LogP) is 5.33. The van der Waals surface area contributed by atoms with Gasteiger partial charge < -0.3 is 9.47 Å². The Bertz CT molecular complexity index is 848. The Labute approximate surface area is 149 Å². The number of hydrogen-bond donors (Lipinski definition) is 0. The van der Waals surface area contributed by atoms with Crippen LogP contribution < -0.4 is 9.47 Å². The minimum atomic E-state index is -0.100. The van der Waals surface area contributed by atoms with Gasteiger partial charge in [-0.3, -0.25) is 4.79 Å². The number of Topliss-reactive ketones (excluding diaryl/α,β-unsaturated/α-hetero) is 1. The molecule has 0 atom stereocenters. The van der Waals surface area contributed by atoms with Gasteiger partial charge in [0, 0.05) is 10.5 Å². The van der Waals surface area contributed by atoms with Crippen LogP contribution in [0.4, 0.5) is 0 Å². The molecule has 0 fully saturated rings. The van der Waals surface area contributed by atoms with Crippen molar-refractivity contribution in [2.45, 2.75) is 13.8 Å². The molecule has 0 saturated heterocycles. The smallest absolute Gasteiger partial charge is 0.232 e. The molecule has 0 N–H and O–H groups in total. The number of fused-ring (bicyclic) bond motifs is 1. The molecule has 0 amide bonds. The lowest BCUT2D eigenvalue weighted by atomic mass is 10.0. The van der Waals surface area contributed by atoms with E-state index in [0.29, 0.717) is 29.4 Å². The van der Waals surface area contributed by atoms with Gasteiger partial charge in [-0.05, 0) is 54.8 Å². The van der Waals surface area contributed by atoms with Gasteiger partial charge in [-0.15, -0.1) is 0 Å². The molecule has 0 bridgehead atoms. The van der Waals surface area contributed by atoms with Gasteiger partial charge in [0.25, 0.3) is 0 Å². The highest BCUT2D eigenvalue weighted by atomic mass is 79.9. The van der Waals surface area contributed by atoms with Crippen LogP contribution in [-0.4, -0.2) is 12.4 Å². The second-order valence-electron chi connectivity index (χ2n) is 5.85. The maximum absolute atomic E-state index is 12.6. The van der Waals surface area contributed by atoms with Gasteiger partial charge in [0.15, 0.2) is 5.76 Å². The average molecular weight is 385 g/mol. The maximum atomic E-state index is 12.6. The summed E-state index contributed by atoms with van der Waals surface area (Å²) in [7, 11) is 0. The number of rotatable bonds is 4. The van der Waals surface area contributed by atoms with Crippen molar-refractivity contribution in [2.75, 3.05) is 6.61 Å². The molecular formula is C20H17BrO3. The van der Waals surface area contributed by atoms with Crippen molar-refractivity contribution in [3.63, 3.8) is 0 Å². The maximum Gasteiger partial charge on any atom is 0.232 e. The summed E-state index contributed by atoms with van der Waals surface area (Å²) >= 11 is 3.40. The number of halogens is 1. The van der Waals surface area contributed by atoms with E-state index in [9.17, 15) is 4.79 Å². The van der Waals surface area contributed by atoms with E-state index < -0.39 is 0 Å². The number of aryl methyl sites for hydroxylation is 1. The normalized spacial score (nSPS) is 14.5. The standard InChI is InChI=1S/C20H17BrO3/c1-12(2)11-23-16-8-13(3)19-17(10-16)24-18(20(19)22)9-14-4-6-15(21)7-5-14/h4-10H,1,11H2,2-3H3/b18-9-. The molecule has 1 aliphatic heterocycles. The molecule has 0 radical (unpaired) electrons. The Kier molecular flexibility index (Phi) is 4.58. The van der Waals surface area contributed by atoms with E-state index in [4.69, 9.17) is 9.47 Å². The van der Waals surface area contributed by atoms with Gasteiger partial charge in [0.1, 0.15) is 18.1 Å². The van der Waals surface area contributed by atoms with Crippen LogP contribution in [0.2, 0.25) is 0 Å². The van der Waals surface area contributed by atoms with Crippen LogP contribution in [0, 0.1) is 6.92 Å². The van der Waals surface area contributed by atoms with Crippen LogP contribution in [0.15, 0.2) is 58.8 Å². The molecule has 0 aliphatic carbocycles. The second kappa shape index (κ2) is 6.65. The predicted molar refractivity (Wildman–Crippen MR) is 98.6 cm³/mol. The first kappa shape index (κ1) is 16.5. The summed E-state index contributed by atoms with van der Waals surface area (Å²) in [4.78, 5) is 12.6. The summed E-state index contributed by atoms with van der Waals surface area (Å²) in [6.45, 7) is 8.04. The van der Waals surface area contributed by atoms with Crippen molar-refractivity contribution in [2.24, 2.45) is 0 Å². The number of carbonyl (C=O) groups is 1.